The van der Waals surface area contributed by atoms with Crippen molar-refractivity contribution < 1.29 is 17.6 Å². The first-order chi connectivity index (χ1) is 14.4. The highest BCUT2D eigenvalue weighted by Gasteiger charge is 2.25. The van der Waals surface area contributed by atoms with Crippen LogP contribution in [-0.4, -0.2) is 43.2 Å². The molecule has 0 spiro atoms. The van der Waals surface area contributed by atoms with E-state index < -0.39 is 10.0 Å². The summed E-state index contributed by atoms with van der Waals surface area (Å²) in [6, 6.07) is 13.1. The van der Waals surface area contributed by atoms with Crippen molar-refractivity contribution in [2.45, 2.75) is 50.5 Å². The minimum absolute atomic E-state index is 0.00761. The zero-order valence-corrected chi connectivity index (χ0v) is 18.2. The average Bonchev–Trinajstić information content (AvgIpc) is 2.76. The molecule has 162 valence electrons. The highest BCUT2D eigenvalue weighted by molar-refractivity contribution is 7.89. The molecule has 1 aliphatic heterocycles. The lowest BCUT2D eigenvalue weighted by atomic mass is 10.1. The number of sulfonamides is 1. The highest BCUT2D eigenvalue weighted by atomic mass is 32.2. The summed E-state index contributed by atoms with van der Waals surface area (Å²) in [5.74, 6) is -0.317. The van der Waals surface area contributed by atoms with Crippen LogP contribution in [-0.2, 0) is 27.8 Å². The fourth-order valence-corrected chi connectivity index (χ4v) is 5.24. The average molecular weight is 433 g/mol. The van der Waals surface area contributed by atoms with Gasteiger partial charge in [-0.3, -0.25) is 4.79 Å². The molecule has 0 atom stereocenters. The van der Waals surface area contributed by atoms with Gasteiger partial charge in [-0.25, -0.2) is 12.8 Å². The summed E-state index contributed by atoms with van der Waals surface area (Å²) in [6.45, 7) is 3.98. The van der Waals surface area contributed by atoms with Crippen LogP contribution in [0.5, 0.6) is 0 Å². The van der Waals surface area contributed by atoms with E-state index in [9.17, 15) is 17.6 Å². The molecule has 0 aromatic heterocycles. The van der Waals surface area contributed by atoms with Crippen molar-refractivity contribution in [3.8, 4) is 0 Å². The number of benzene rings is 2. The Labute approximate surface area is 178 Å². The number of aryl methyl sites for hydroxylation is 1. The van der Waals surface area contributed by atoms with Crippen LogP contribution in [0.3, 0.4) is 0 Å². The van der Waals surface area contributed by atoms with Crippen molar-refractivity contribution in [1.29, 1.82) is 0 Å². The van der Waals surface area contributed by atoms with Gasteiger partial charge in [-0.2, -0.15) is 4.31 Å². The van der Waals surface area contributed by atoms with Crippen LogP contribution in [0.4, 0.5) is 4.39 Å². The first-order valence-electron chi connectivity index (χ1n) is 10.5. The van der Waals surface area contributed by atoms with E-state index in [0.717, 1.165) is 30.4 Å². The Balaban J connectivity index is 1.57. The molecule has 7 heteroatoms. The number of halogens is 1. The molecule has 1 amide bonds. The number of amides is 1. The number of hydrogen-bond acceptors (Lipinski definition) is 3. The summed E-state index contributed by atoms with van der Waals surface area (Å²) in [5.41, 5.74) is 1.68. The normalized spacial score (nSPS) is 15.1. The molecule has 0 bridgehead atoms. The lowest BCUT2D eigenvalue weighted by Crippen LogP contribution is -2.35. The first-order valence-corrected chi connectivity index (χ1v) is 12.0. The van der Waals surface area contributed by atoms with E-state index in [1.807, 2.05) is 6.92 Å². The van der Waals surface area contributed by atoms with E-state index in [-0.39, 0.29) is 11.7 Å². The number of piperidine rings is 1. The van der Waals surface area contributed by atoms with Gasteiger partial charge in [-0.15, -0.1) is 0 Å². The second-order valence-corrected chi connectivity index (χ2v) is 9.58. The molecule has 1 saturated heterocycles. The van der Waals surface area contributed by atoms with Crippen molar-refractivity contribution in [1.82, 2.24) is 9.21 Å². The largest absolute Gasteiger partial charge is 0.339 e. The van der Waals surface area contributed by atoms with E-state index >= 15 is 0 Å². The van der Waals surface area contributed by atoms with E-state index in [1.54, 1.807) is 45.6 Å². The van der Waals surface area contributed by atoms with Crippen molar-refractivity contribution >= 4 is 15.9 Å². The van der Waals surface area contributed by atoms with E-state index in [4.69, 9.17) is 0 Å². The lowest BCUT2D eigenvalue weighted by Gasteiger charge is -2.25. The quantitative estimate of drug-likeness (QED) is 0.634. The maximum absolute atomic E-state index is 13.4. The third kappa shape index (κ3) is 5.67. The van der Waals surface area contributed by atoms with Crippen LogP contribution in [0.1, 0.15) is 43.7 Å². The Bertz CT molecular complexity index is 955. The van der Waals surface area contributed by atoms with Gasteiger partial charge in [-0.05, 0) is 61.6 Å². The standard InChI is InChI=1S/C23H29FN2O3S/c1-2-25(18-20-7-6-8-21(24)17-20)23(27)14-11-19-9-12-22(13-10-19)30(28,29)26-15-4-3-5-16-26/h6-10,12-13,17H,2-5,11,14-16,18H2,1H3. The molecule has 0 unspecified atom stereocenters. The maximum Gasteiger partial charge on any atom is 0.243 e. The third-order valence-corrected chi connectivity index (χ3v) is 7.41. The fraction of sp³-hybridized carbons (Fsp3) is 0.435. The minimum Gasteiger partial charge on any atom is -0.339 e. The van der Waals surface area contributed by atoms with Gasteiger partial charge < -0.3 is 4.90 Å². The van der Waals surface area contributed by atoms with Gasteiger partial charge in [0.15, 0.2) is 0 Å². The summed E-state index contributed by atoms with van der Waals surface area (Å²) in [5, 5.41) is 0. The molecule has 1 fully saturated rings. The van der Waals surface area contributed by atoms with Crippen LogP contribution in [0.2, 0.25) is 0 Å². The number of carbonyl (C=O) groups is 1. The predicted molar refractivity (Wildman–Crippen MR) is 115 cm³/mol. The van der Waals surface area contributed by atoms with Crippen LogP contribution in [0.25, 0.3) is 0 Å². The van der Waals surface area contributed by atoms with Crippen LogP contribution in [0, 0.1) is 5.82 Å². The summed E-state index contributed by atoms with van der Waals surface area (Å²) in [7, 11) is -3.44. The van der Waals surface area contributed by atoms with Gasteiger partial charge in [0.25, 0.3) is 0 Å². The maximum atomic E-state index is 13.4. The molecular weight excluding hydrogens is 403 g/mol. The second kappa shape index (κ2) is 10.2. The smallest absolute Gasteiger partial charge is 0.243 e. The second-order valence-electron chi connectivity index (χ2n) is 7.65. The Morgan fingerprint density at radius 1 is 1.03 bits per heavy atom. The number of rotatable bonds is 8. The molecule has 2 aromatic carbocycles. The molecule has 30 heavy (non-hydrogen) atoms. The number of carbonyl (C=O) groups excluding carboxylic acids is 1. The molecule has 5 nitrogen and oxygen atoms in total. The van der Waals surface area contributed by atoms with Gasteiger partial charge in [0.05, 0.1) is 4.90 Å². The van der Waals surface area contributed by atoms with Gasteiger partial charge >= 0.3 is 0 Å². The van der Waals surface area contributed by atoms with Crippen molar-refractivity contribution in [2.24, 2.45) is 0 Å². The van der Waals surface area contributed by atoms with E-state index in [1.165, 1.54) is 12.1 Å². The van der Waals surface area contributed by atoms with Crippen LogP contribution >= 0.6 is 0 Å². The zero-order chi connectivity index (χ0) is 21.6. The molecule has 0 saturated carbocycles. The molecule has 1 aliphatic rings. The Hall–Kier alpha value is -2.25. The van der Waals surface area contributed by atoms with Crippen molar-refractivity contribution in [2.75, 3.05) is 19.6 Å². The molecular formula is C23H29FN2O3S. The van der Waals surface area contributed by atoms with Crippen molar-refractivity contribution in [3.05, 3.63) is 65.5 Å². The van der Waals surface area contributed by atoms with E-state index in [0.29, 0.717) is 43.9 Å². The topological polar surface area (TPSA) is 57.7 Å². The monoisotopic (exact) mass is 432 g/mol. The summed E-state index contributed by atoms with van der Waals surface area (Å²) < 4.78 is 40.4. The predicted octanol–water partition coefficient (Wildman–Crippen LogP) is 3.98. The molecule has 1 heterocycles. The third-order valence-electron chi connectivity index (χ3n) is 5.50. The molecule has 0 radical (unpaired) electrons. The Kier molecular flexibility index (Phi) is 7.61. The van der Waals surface area contributed by atoms with Gasteiger partial charge in [0.1, 0.15) is 5.82 Å². The minimum atomic E-state index is -3.44. The highest BCUT2D eigenvalue weighted by Crippen LogP contribution is 2.21. The number of hydrogen-bond donors (Lipinski definition) is 0. The zero-order valence-electron chi connectivity index (χ0n) is 17.4. The van der Waals surface area contributed by atoms with Gasteiger partial charge in [0, 0.05) is 32.6 Å². The molecule has 0 N–H and O–H groups in total. The molecule has 0 aliphatic carbocycles. The summed E-state index contributed by atoms with van der Waals surface area (Å²) in [4.78, 5) is 14.6. The van der Waals surface area contributed by atoms with E-state index in [2.05, 4.69) is 0 Å². The summed E-state index contributed by atoms with van der Waals surface area (Å²) >= 11 is 0. The van der Waals surface area contributed by atoms with Crippen molar-refractivity contribution in [3.63, 3.8) is 0 Å². The van der Waals surface area contributed by atoms with Gasteiger partial charge in [-0.1, -0.05) is 30.7 Å². The van der Waals surface area contributed by atoms with Crippen LogP contribution < -0.4 is 0 Å². The number of nitrogens with zero attached hydrogens (tertiary/aromatic N) is 2. The fourth-order valence-electron chi connectivity index (χ4n) is 3.72. The summed E-state index contributed by atoms with van der Waals surface area (Å²) in [6.07, 6.45) is 3.74. The molecule has 3 rings (SSSR count). The van der Waals surface area contributed by atoms with Crippen LogP contribution in [0.15, 0.2) is 53.4 Å². The SMILES string of the molecule is CCN(Cc1cccc(F)c1)C(=O)CCc1ccc(S(=O)(=O)N2CCCCC2)cc1. The molecule has 2 aromatic rings. The van der Waals surface area contributed by atoms with Gasteiger partial charge in [0.2, 0.25) is 15.9 Å². The Morgan fingerprint density at radius 2 is 1.73 bits per heavy atom. The lowest BCUT2D eigenvalue weighted by molar-refractivity contribution is -0.131. The first kappa shape index (κ1) is 22.4. The Morgan fingerprint density at radius 3 is 2.37 bits per heavy atom.